The fraction of sp³-hybridized carbons (Fsp3) is 0.522. The van der Waals surface area contributed by atoms with Gasteiger partial charge in [0.2, 0.25) is 0 Å². The number of benzene rings is 1. The molecular weight excluding hydrogens is 402 g/mol. The van der Waals surface area contributed by atoms with E-state index in [2.05, 4.69) is 10.4 Å². The lowest BCUT2D eigenvalue weighted by Crippen LogP contribution is -2.14. The maximum absolute atomic E-state index is 13.5. The van der Waals surface area contributed by atoms with Crippen LogP contribution in [0.1, 0.15) is 67.0 Å². The zero-order valence-electron chi connectivity index (χ0n) is 17.4. The predicted octanol–water partition coefficient (Wildman–Crippen LogP) is 4.57. The smallest absolute Gasteiger partial charge is 0.258 e. The van der Waals surface area contributed by atoms with Crippen LogP contribution in [0.5, 0.6) is 0 Å². The highest BCUT2D eigenvalue weighted by Gasteiger charge is 2.26. The van der Waals surface area contributed by atoms with E-state index in [0.29, 0.717) is 9.77 Å². The molecule has 1 heterocycles. The molecule has 4 nitrogen and oxygen atoms in total. The molecule has 2 aliphatic rings. The molecular formula is C23H29NO3S2. The Hall–Kier alpha value is -1.50. The first-order valence-corrected chi connectivity index (χ1v) is 13.0. The summed E-state index contributed by atoms with van der Waals surface area (Å²) in [6.07, 6.45) is 6.83. The Morgan fingerprint density at radius 2 is 1.76 bits per heavy atom. The van der Waals surface area contributed by atoms with Crippen molar-refractivity contribution in [3.05, 3.63) is 50.9 Å². The van der Waals surface area contributed by atoms with Gasteiger partial charge in [-0.15, -0.1) is 11.3 Å². The molecule has 1 N–H and O–H groups in total. The molecule has 1 atom stereocenters. The highest BCUT2D eigenvalue weighted by Crippen LogP contribution is 2.36. The summed E-state index contributed by atoms with van der Waals surface area (Å²) in [5, 5.41) is 12.0. The van der Waals surface area contributed by atoms with Crippen molar-refractivity contribution in [2.24, 2.45) is 4.36 Å². The molecule has 2 aromatic rings. The molecule has 0 saturated carbocycles. The van der Waals surface area contributed by atoms with Gasteiger partial charge in [-0.1, -0.05) is 13.0 Å². The highest BCUT2D eigenvalue weighted by molar-refractivity contribution is 7.95. The maximum atomic E-state index is 13.5. The van der Waals surface area contributed by atoms with Gasteiger partial charge in [0.1, 0.15) is 4.21 Å². The standard InChI is InChI=1S/C23H29NO3S2/c1-4-29(27,22-12-17(14-28-22)23(2,3)26)24-21(25)13-20-18-9-5-7-15(18)11-16-8-6-10-19(16)20/h11-12,14,26H,4-10,13H2,1-3H3. The molecule has 156 valence electrons. The Morgan fingerprint density at radius 3 is 2.28 bits per heavy atom. The highest BCUT2D eigenvalue weighted by atomic mass is 32.2. The van der Waals surface area contributed by atoms with Gasteiger partial charge >= 0.3 is 0 Å². The van der Waals surface area contributed by atoms with Gasteiger partial charge in [0.25, 0.3) is 5.91 Å². The predicted molar refractivity (Wildman–Crippen MR) is 118 cm³/mol. The molecule has 0 fully saturated rings. The van der Waals surface area contributed by atoms with Gasteiger partial charge in [-0.05, 0) is 97.2 Å². The number of hydrogen-bond acceptors (Lipinski definition) is 4. The third-order valence-corrected chi connectivity index (χ3v) is 9.98. The van der Waals surface area contributed by atoms with Crippen LogP contribution in [0.2, 0.25) is 0 Å². The molecule has 29 heavy (non-hydrogen) atoms. The van der Waals surface area contributed by atoms with Gasteiger partial charge in [0.05, 0.1) is 21.8 Å². The van der Waals surface area contributed by atoms with E-state index < -0.39 is 15.3 Å². The van der Waals surface area contributed by atoms with E-state index in [9.17, 15) is 14.1 Å². The minimum atomic E-state index is -2.81. The second-order valence-electron chi connectivity index (χ2n) is 8.64. The first-order valence-electron chi connectivity index (χ1n) is 10.5. The number of fused-ring (bicyclic) bond motifs is 2. The summed E-state index contributed by atoms with van der Waals surface area (Å²) >= 11 is 1.32. The van der Waals surface area contributed by atoms with E-state index in [4.69, 9.17) is 0 Å². The van der Waals surface area contributed by atoms with E-state index >= 15 is 0 Å². The van der Waals surface area contributed by atoms with Crippen LogP contribution in [-0.4, -0.2) is 21.0 Å². The van der Waals surface area contributed by atoms with Crippen LogP contribution in [0, 0.1) is 0 Å². The molecule has 1 aromatic heterocycles. The molecule has 0 spiro atoms. The largest absolute Gasteiger partial charge is 0.386 e. The van der Waals surface area contributed by atoms with Crippen molar-refractivity contribution in [3.63, 3.8) is 0 Å². The molecule has 1 amide bonds. The fourth-order valence-corrected chi connectivity index (χ4v) is 7.77. The summed E-state index contributed by atoms with van der Waals surface area (Å²) in [7, 11) is -2.81. The van der Waals surface area contributed by atoms with Crippen LogP contribution >= 0.6 is 11.3 Å². The van der Waals surface area contributed by atoms with Crippen molar-refractivity contribution in [2.45, 2.75) is 75.5 Å². The van der Waals surface area contributed by atoms with E-state index in [0.717, 1.165) is 38.5 Å². The Bertz CT molecular complexity index is 1050. The third-order valence-electron chi connectivity index (χ3n) is 6.16. The molecule has 1 unspecified atom stereocenters. The molecule has 0 bridgehead atoms. The van der Waals surface area contributed by atoms with Gasteiger partial charge in [-0.25, -0.2) is 4.21 Å². The monoisotopic (exact) mass is 431 g/mol. The number of nitrogens with zero attached hydrogens (tertiary/aromatic N) is 1. The second-order valence-corrected chi connectivity index (χ2v) is 12.3. The number of carbonyl (C=O) groups excluding carboxylic acids is 1. The Morgan fingerprint density at radius 1 is 1.14 bits per heavy atom. The van der Waals surface area contributed by atoms with E-state index in [1.54, 1.807) is 26.8 Å². The Kier molecular flexibility index (Phi) is 5.47. The van der Waals surface area contributed by atoms with Gasteiger partial charge in [-0.2, -0.15) is 4.36 Å². The van der Waals surface area contributed by atoms with E-state index in [-0.39, 0.29) is 18.1 Å². The summed E-state index contributed by atoms with van der Waals surface area (Å²) < 4.78 is 18.3. The third kappa shape index (κ3) is 3.94. The van der Waals surface area contributed by atoms with Crippen LogP contribution in [-0.2, 0) is 52.2 Å². The van der Waals surface area contributed by atoms with Gasteiger partial charge in [0, 0.05) is 5.75 Å². The molecule has 6 heteroatoms. The number of rotatable bonds is 5. The number of amides is 1. The number of carbonyl (C=O) groups is 1. The number of aryl methyl sites for hydroxylation is 2. The van der Waals surface area contributed by atoms with E-state index in [1.807, 2.05) is 5.38 Å². The van der Waals surface area contributed by atoms with Gasteiger partial charge in [-0.3, -0.25) is 4.79 Å². The molecule has 4 rings (SSSR count). The quantitative estimate of drug-likeness (QED) is 0.754. The molecule has 2 aliphatic carbocycles. The van der Waals surface area contributed by atoms with Crippen molar-refractivity contribution in [1.82, 2.24) is 0 Å². The van der Waals surface area contributed by atoms with Crippen LogP contribution in [0.25, 0.3) is 0 Å². The Balaban J connectivity index is 1.68. The van der Waals surface area contributed by atoms with Crippen molar-refractivity contribution < 1.29 is 14.1 Å². The topological polar surface area (TPSA) is 66.7 Å². The number of thiophene rings is 1. The lowest BCUT2D eigenvalue weighted by molar-refractivity contribution is -0.117. The SMILES string of the molecule is CCS(=O)(=NC(=O)Cc1c2c(cc3c1CCC3)CCC2)c1cc(C(C)(C)O)cs1. The van der Waals surface area contributed by atoms with Crippen LogP contribution in [0.4, 0.5) is 0 Å². The van der Waals surface area contributed by atoms with Crippen molar-refractivity contribution >= 4 is 27.0 Å². The van der Waals surface area contributed by atoms with E-state index in [1.165, 1.54) is 39.2 Å². The molecule has 0 radical (unpaired) electrons. The minimum absolute atomic E-state index is 0.256. The lowest BCUT2D eigenvalue weighted by atomic mass is 9.92. The summed E-state index contributed by atoms with van der Waals surface area (Å²) in [4.78, 5) is 13.0. The Labute approximate surface area is 177 Å². The number of aliphatic hydroxyl groups is 1. The average molecular weight is 432 g/mol. The molecule has 0 aliphatic heterocycles. The van der Waals surface area contributed by atoms with Crippen LogP contribution < -0.4 is 0 Å². The fourth-order valence-electron chi connectivity index (χ4n) is 4.55. The zero-order chi connectivity index (χ0) is 20.8. The molecule has 1 aromatic carbocycles. The first kappa shape index (κ1) is 20.8. The van der Waals surface area contributed by atoms with Crippen LogP contribution in [0.3, 0.4) is 0 Å². The summed E-state index contributed by atoms with van der Waals surface area (Å²) in [5.41, 5.74) is 6.37. The maximum Gasteiger partial charge on any atom is 0.258 e. The van der Waals surface area contributed by atoms with Crippen molar-refractivity contribution in [2.75, 3.05) is 5.75 Å². The summed E-state index contributed by atoms with van der Waals surface area (Å²) in [5.74, 6) is -0.000282. The summed E-state index contributed by atoms with van der Waals surface area (Å²) in [6.45, 7) is 5.21. The normalized spacial score (nSPS) is 17.7. The van der Waals surface area contributed by atoms with Crippen molar-refractivity contribution in [3.8, 4) is 0 Å². The minimum Gasteiger partial charge on any atom is -0.386 e. The molecule has 0 saturated heterocycles. The average Bonchev–Trinajstić information content (AvgIpc) is 3.40. The van der Waals surface area contributed by atoms with Gasteiger partial charge in [0.15, 0.2) is 0 Å². The zero-order valence-corrected chi connectivity index (χ0v) is 19.0. The number of hydrogen-bond donors (Lipinski definition) is 1. The summed E-state index contributed by atoms with van der Waals surface area (Å²) in [6, 6.07) is 4.10. The van der Waals surface area contributed by atoms with Crippen LogP contribution in [0.15, 0.2) is 26.1 Å². The lowest BCUT2D eigenvalue weighted by Gasteiger charge is -2.15. The second kappa shape index (κ2) is 7.64. The first-order chi connectivity index (χ1) is 13.7. The van der Waals surface area contributed by atoms with Crippen molar-refractivity contribution in [1.29, 1.82) is 0 Å². The van der Waals surface area contributed by atoms with Gasteiger partial charge < -0.3 is 5.11 Å².